The van der Waals surface area contributed by atoms with Gasteiger partial charge in [0.15, 0.2) is 0 Å². The molecule has 1 unspecified atom stereocenters. The molecule has 1 rings (SSSR count). The fourth-order valence-corrected chi connectivity index (χ4v) is 1.77. The third-order valence-electron chi connectivity index (χ3n) is 2.89. The van der Waals surface area contributed by atoms with Crippen LogP contribution in [0, 0.1) is 0 Å². The molecule has 1 atom stereocenters. The first kappa shape index (κ1) is 12.2. The maximum Gasteiger partial charge on any atom is 0.0537 e. The van der Waals surface area contributed by atoms with Crippen molar-refractivity contribution in [3.05, 3.63) is 17.5 Å². The Hall–Kier alpha value is -0.830. The molecule has 3 heteroatoms. The molecule has 0 radical (unpaired) electrons. The molecule has 1 N–H and O–H groups in total. The SMILES string of the molecule is CCNCc1cnn(C(C)CC)c1CC. The molecule has 0 amide bonds. The molecule has 0 aliphatic carbocycles. The summed E-state index contributed by atoms with van der Waals surface area (Å²) >= 11 is 0. The molecule has 0 bridgehead atoms. The maximum atomic E-state index is 4.49. The molecule has 0 fully saturated rings. The average molecular weight is 209 g/mol. The van der Waals surface area contributed by atoms with E-state index in [1.807, 2.05) is 6.20 Å². The van der Waals surface area contributed by atoms with Crippen molar-refractivity contribution in [1.82, 2.24) is 15.1 Å². The van der Waals surface area contributed by atoms with Gasteiger partial charge in [-0.1, -0.05) is 20.8 Å². The van der Waals surface area contributed by atoms with Gasteiger partial charge in [0.25, 0.3) is 0 Å². The Morgan fingerprint density at radius 1 is 1.40 bits per heavy atom. The second kappa shape index (κ2) is 5.91. The highest BCUT2D eigenvalue weighted by Gasteiger charge is 2.11. The Morgan fingerprint density at radius 2 is 2.13 bits per heavy atom. The summed E-state index contributed by atoms with van der Waals surface area (Å²) in [4.78, 5) is 0. The number of hydrogen-bond acceptors (Lipinski definition) is 2. The third kappa shape index (κ3) is 2.81. The fourth-order valence-electron chi connectivity index (χ4n) is 1.77. The lowest BCUT2D eigenvalue weighted by Crippen LogP contribution is -2.14. The Labute approximate surface area is 92.9 Å². The number of nitrogens with zero attached hydrogens (tertiary/aromatic N) is 2. The lowest BCUT2D eigenvalue weighted by molar-refractivity contribution is 0.460. The van der Waals surface area contributed by atoms with E-state index >= 15 is 0 Å². The first-order chi connectivity index (χ1) is 7.24. The van der Waals surface area contributed by atoms with E-state index in [0.717, 1.165) is 25.9 Å². The van der Waals surface area contributed by atoms with Gasteiger partial charge in [-0.3, -0.25) is 4.68 Å². The summed E-state index contributed by atoms with van der Waals surface area (Å²) in [6.07, 6.45) is 4.20. The van der Waals surface area contributed by atoms with Gasteiger partial charge in [-0.05, 0) is 26.3 Å². The molecule has 1 aromatic heterocycles. The van der Waals surface area contributed by atoms with Gasteiger partial charge in [0.05, 0.1) is 6.20 Å². The molecule has 0 aromatic carbocycles. The minimum atomic E-state index is 0.510. The molecule has 0 saturated heterocycles. The highest BCUT2D eigenvalue weighted by molar-refractivity contribution is 5.18. The Kier molecular flexibility index (Phi) is 4.82. The van der Waals surface area contributed by atoms with E-state index in [1.54, 1.807) is 0 Å². The normalized spacial score (nSPS) is 13.1. The summed E-state index contributed by atoms with van der Waals surface area (Å²) < 4.78 is 2.17. The standard InChI is InChI=1S/C12H23N3/c1-5-10(4)15-12(6-2)11(9-14-15)8-13-7-3/h9-10,13H,5-8H2,1-4H3. The predicted octanol–water partition coefficient (Wildman–Crippen LogP) is 2.53. The summed E-state index contributed by atoms with van der Waals surface area (Å²) in [5.41, 5.74) is 2.73. The molecule has 0 saturated carbocycles. The van der Waals surface area contributed by atoms with Crippen LogP contribution in [0.2, 0.25) is 0 Å². The number of nitrogens with one attached hydrogen (secondary N) is 1. The first-order valence-corrected chi connectivity index (χ1v) is 6.00. The summed E-state index contributed by atoms with van der Waals surface area (Å²) in [6, 6.07) is 0.510. The summed E-state index contributed by atoms with van der Waals surface area (Å²) in [5.74, 6) is 0. The number of aromatic nitrogens is 2. The molecule has 1 heterocycles. The second-order valence-corrected chi connectivity index (χ2v) is 3.95. The monoisotopic (exact) mass is 209 g/mol. The predicted molar refractivity (Wildman–Crippen MR) is 64.0 cm³/mol. The van der Waals surface area contributed by atoms with Crippen LogP contribution in [0.4, 0.5) is 0 Å². The van der Waals surface area contributed by atoms with Crippen molar-refractivity contribution in [3.8, 4) is 0 Å². The Bertz CT molecular complexity index is 291. The first-order valence-electron chi connectivity index (χ1n) is 6.00. The lowest BCUT2D eigenvalue weighted by Gasteiger charge is -2.13. The molecule has 1 aromatic rings. The van der Waals surface area contributed by atoms with Crippen LogP contribution >= 0.6 is 0 Å². The lowest BCUT2D eigenvalue weighted by atomic mass is 10.2. The quantitative estimate of drug-likeness (QED) is 0.780. The van der Waals surface area contributed by atoms with E-state index in [2.05, 4.69) is 42.8 Å². The number of hydrogen-bond donors (Lipinski definition) is 1. The summed E-state index contributed by atoms with van der Waals surface area (Å²) in [7, 11) is 0. The van der Waals surface area contributed by atoms with E-state index in [-0.39, 0.29) is 0 Å². The van der Waals surface area contributed by atoms with E-state index in [0.29, 0.717) is 6.04 Å². The van der Waals surface area contributed by atoms with Crippen molar-refractivity contribution in [2.45, 2.75) is 53.1 Å². The number of rotatable bonds is 6. The van der Waals surface area contributed by atoms with Crippen LogP contribution in [0.3, 0.4) is 0 Å². The topological polar surface area (TPSA) is 29.9 Å². The zero-order chi connectivity index (χ0) is 11.3. The van der Waals surface area contributed by atoms with Gasteiger partial charge in [0, 0.05) is 23.8 Å². The van der Waals surface area contributed by atoms with Crippen molar-refractivity contribution in [2.24, 2.45) is 0 Å². The molecule has 0 aliphatic heterocycles. The van der Waals surface area contributed by atoms with E-state index in [9.17, 15) is 0 Å². The van der Waals surface area contributed by atoms with Gasteiger partial charge in [-0.15, -0.1) is 0 Å². The summed E-state index contributed by atoms with van der Waals surface area (Å²) in [6.45, 7) is 10.7. The minimum Gasteiger partial charge on any atom is -0.313 e. The van der Waals surface area contributed by atoms with Crippen molar-refractivity contribution in [1.29, 1.82) is 0 Å². The largest absolute Gasteiger partial charge is 0.313 e. The van der Waals surface area contributed by atoms with Crippen molar-refractivity contribution >= 4 is 0 Å². The zero-order valence-corrected chi connectivity index (χ0v) is 10.4. The second-order valence-electron chi connectivity index (χ2n) is 3.95. The maximum absolute atomic E-state index is 4.49. The molecule has 15 heavy (non-hydrogen) atoms. The highest BCUT2D eigenvalue weighted by Crippen LogP contribution is 2.17. The smallest absolute Gasteiger partial charge is 0.0537 e. The molecular formula is C12H23N3. The molecule has 0 aliphatic rings. The van der Waals surface area contributed by atoms with Crippen molar-refractivity contribution in [2.75, 3.05) is 6.54 Å². The van der Waals surface area contributed by atoms with E-state index < -0.39 is 0 Å². The Morgan fingerprint density at radius 3 is 2.67 bits per heavy atom. The van der Waals surface area contributed by atoms with E-state index in [1.165, 1.54) is 11.3 Å². The fraction of sp³-hybridized carbons (Fsp3) is 0.750. The van der Waals surface area contributed by atoms with Gasteiger partial charge in [-0.2, -0.15) is 5.10 Å². The van der Waals surface area contributed by atoms with Gasteiger partial charge in [0.1, 0.15) is 0 Å². The molecule has 3 nitrogen and oxygen atoms in total. The van der Waals surface area contributed by atoms with E-state index in [4.69, 9.17) is 0 Å². The Balaban J connectivity index is 2.84. The summed E-state index contributed by atoms with van der Waals surface area (Å²) in [5, 5.41) is 7.84. The van der Waals surface area contributed by atoms with Crippen LogP contribution < -0.4 is 5.32 Å². The highest BCUT2D eigenvalue weighted by atomic mass is 15.3. The zero-order valence-electron chi connectivity index (χ0n) is 10.4. The molecule has 0 spiro atoms. The molecular weight excluding hydrogens is 186 g/mol. The average Bonchev–Trinajstić information content (AvgIpc) is 2.67. The van der Waals surface area contributed by atoms with Crippen LogP contribution in [0.25, 0.3) is 0 Å². The van der Waals surface area contributed by atoms with Crippen molar-refractivity contribution in [3.63, 3.8) is 0 Å². The molecule has 86 valence electrons. The van der Waals surface area contributed by atoms with Crippen LogP contribution in [-0.2, 0) is 13.0 Å². The van der Waals surface area contributed by atoms with Crippen LogP contribution in [0.15, 0.2) is 6.20 Å². The van der Waals surface area contributed by atoms with Crippen LogP contribution in [0.5, 0.6) is 0 Å². The van der Waals surface area contributed by atoms with Gasteiger partial charge < -0.3 is 5.32 Å². The van der Waals surface area contributed by atoms with Gasteiger partial charge >= 0.3 is 0 Å². The van der Waals surface area contributed by atoms with Crippen LogP contribution in [0.1, 0.15) is 51.4 Å². The minimum absolute atomic E-state index is 0.510. The van der Waals surface area contributed by atoms with Gasteiger partial charge in [-0.25, -0.2) is 0 Å². The van der Waals surface area contributed by atoms with Crippen LogP contribution in [-0.4, -0.2) is 16.3 Å². The van der Waals surface area contributed by atoms with Crippen molar-refractivity contribution < 1.29 is 0 Å². The van der Waals surface area contributed by atoms with Gasteiger partial charge in [0.2, 0.25) is 0 Å². The third-order valence-corrected chi connectivity index (χ3v) is 2.89.